The van der Waals surface area contributed by atoms with E-state index in [-0.39, 0.29) is 47.4 Å². The molecule has 8 nitrogen and oxygen atoms in total. The van der Waals surface area contributed by atoms with Crippen LogP contribution in [0.4, 0.5) is 0 Å². The Morgan fingerprint density at radius 3 is 2.66 bits per heavy atom. The summed E-state index contributed by atoms with van der Waals surface area (Å²) in [6, 6.07) is 7.26. The molecular formula is C19H32IN5O3S. The minimum absolute atomic E-state index is 0. The molecule has 0 spiro atoms. The van der Waals surface area contributed by atoms with Crippen LogP contribution in [0.3, 0.4) is 0 Å². The standard InChI is InChI=1S/C19H31N5O3S.HI/c1-4-20-19(23-17-8-11-28(26,27)14-17)22-13-15-6-5-7-16(12-15)18(25)21-9-10-24(2)3;/h5-7,12,17H,4,8-11,13-14H2,1-3H3,(H,21,25)(H2,20,22,23);1H. The number of amides is 1. The Kier molecular flexibility index (Phi) is 10.9. The highest BCUT2D eigenvalue weighted by Gasteiger charge is 2.28. The van der Waals surface area contributed by atoms with Crippen LogP contribution in [0.25, 0.3) is 0 Å². The van der Waals surface area contributed by atoms with Crippen molar-refractivity contribution in [1.82, 2.24) is 20.9 Å². The van der Waals surface area contributed by atoms with Gasteiger partial charge in [-0.2, -0.15) is 0 Å². The van der Waals surface area contributed by atoms with Crippen LogP contribution in [0.2, 0.25) is 0 Å². The van der Waals surface area contributed by atoms with Crippen LogP contribution in [-0.2, 0) is 16.4 Å². The summed E-state index contributed by atoms with van der Waals surface area (Å²) in [5.74, 6) is 0.842. The van der Waals surface area contributed by atoms with Crippen LogP contribution in [-0.4, -0.2) is 76.5 Å². The molecule has 0 aromatic heterocycles. The van der Waals surface area contributed by atoms with E-state index in [1.54, 1.807) is 6.07 Å². The number of nitrogens with zero attached hydrogens (tertiary/aromatic N) is 2. The predicted molar refractivity (Wildman–Crippen MR) is 128 cm³/mol. The van der Waals surface area contributed by atoms with Crippen LogP contribution in [0.1, 0.15) is 29.3 Å². The molecular weight excluding hydrogens is 505 g/mol. The molecule has 0 aliphatic carbocycles. The summed E-state index contributed by atoms with van der Waals surface area (Å²) in [6.45, 7) is 4.41. The van der Waals surface area contributed by atoms with Crippen molar-refractivity contribution in [3.63, 3.8) is 0 Å². The number of hydrogen-bond acceptors (Lipinski definition) is 5. The predicted octanol–water partition coefficient (Wildman–Crippen LogP) is 0.838. The lowest BCUT2D eigenvalue weighted by atomic mass is 10.1. The van der Waals surface area contributed by atoms with Gasteiger partial charge in [-0.05, 0) is 45.1 Å². The van der Waals surface area contributed by atoms with E-state index < -0.39 is 9.84 Å². The Balaban J connectivity index is 0.00000420. The number of carbonyl (C=O) groups is 1. The van der Waals surface area contributed by atoms with Gasteiger partial charge in [0.15, 0.2) is 15.8 Å². The Hall–Kier alpha value is -1.40. The second-order valence-electron chi connectivity index (χ2n) is 7.20. The number of aliphatic imine (C=N–C) groups is 1. The number of nitrogens with one attached hydrogen (secondary N) is 3. The number of guanidine groups is 1. The summed E-state index contributed by atoms with van der Waals surface area (Å²) in [5, 5.41) is 9.24. The second kappa shape index (κ2) is 12.3. The third-order valence-electron chi connectivity index (χ3n) is 4.37. The molecule has 1 atom stereocenters. The fourth-order valence-corrected chi connectivity index (χ4v) is 4.57. The molecule has 3 N–H and O–H groups in total. The van der Waals surface area contributed by atoms with Gasteiger partial charge >= 0.3 is 0 Å². The molecule has 2 rings (SSSR count). The monoisotopic (exact) mass is 537 g/mol. The second-order valence-corrected chi connectivity index (χ2v) is 9.43. The van der Waals surface area contributed by atoms with E-state index in [0.29, 0.717) is 37.6 Å². The molecule has 1 fully saturated rings. The Morgan fingerprint density at radius 1 is 1.28 bits per heavy atom. The Bertz CT molecular complexity index is 799. The van der Waals surface area contributed by atoms with Gasteiger partial charge in [0.25, 0.3) is 5.91 Å². The molecule has 1 aliphatic rings. The molecule has 1 amide bonds. The van der Waals surface area contributed by atoms with E-state index in [4.69, 9.17) is 0 Å². The van der Waals surface area contributed by atoms with Crippen molar-refractivity contribution in [3.8, 4) is 0 Å². The summed E-state index contributed by atoms with van der Waals surface area (Å²) in [7, 11) is 0.976. The van der Waals surface area contributed by atoms with Crippen LogP contribution in [0.5, 0.6) is 0 Å². The number of likely N-dealkylation sites (N-methyl/N-ethyl adjacent to an activating group) is 1. The van der Waals surface area contributed by atoms with Crippen molar-refractivity contribution in [2.24, 2.45) is 4.99 Å². The molecule has 1 aromatic rings. The number of hydrogen-bond donors (Lipinski definition) is 3. The van der Waals surface area contributed by atoms with Gasteiger partial charge in [0.1, 0.15) is 0 Å². The van der Waals surface area contributed by atoms with Crippen molar-refractivity contribution < 1.29 is 13.2 Å². The van der Waals surface area contributed by atoms with Crippen LogP contribution >= 0.6 is 24.0 Å². The fourth-order valence-electron chi connectivity index (χ4n) is 2.90. The van der Waals surface area contributed by atoms with Gasteiger partial charge in [0.05, 0.1) is 18.1 Å². The van der Waals surface area contributed by atoms with Crippen molar-refractivity contribution in [1.29, 1.82) is 0 Å². The van der Waals surface area contributed by atoms with Gasteiger partial charge in [-0.25, -0.2) is 13.4 Å². The largest absolute Gasteiger partial charge is 0.357 e. The van der Waals surface area contributed by atoms with Crippen molar-refractivity contribution in [2.75, 3.05) is 45.2 Å². The number of benzene rings is 1. The molecule has 0 bridgehead atoms. The number of sulfone groups is 1. The Labute approximate surface area is 190 Å². The normalized spacial score (nSPS) is 18.2. The lowest BCUT2D eigenvalue weighted by Crippen LogP contribution is -2.44. The smallest absolute Gasteiger partial charge is 0.251 e. The van der Waals surface area contributed by atoms with Crippen LogP contribution in [0, 0.1) is 0 Å². The summed E-state index contributed by atoms with van der Waals surface area (Å²) in [5.41, 5.74) is 1.52. The molecule has 1 aromatic carbocycles. The van der Waals surface area contributed by atoms with Crippen LogP contribution < -0.4 is 16.0 Å². The lowest BCUT2D eigenvalue weighted by molar-refractivity contribution is 0.0951. The van der Waals surface area contributed by atoms with E-state index in [0.717, 1.165) is 12.1 Å². The number of halogens is 1. The van der Waals surface area contributed by atoms with Gasteiger partial charge in [-0.3, -0.25) is 4.79 Å². The van der Waals surface area contributed by atoms with Crippen molar-refractivity contribution in [2.45, 2.75) is 25.9 Å². The molecule has 1 heterocycles. The summed E-state index contributed by atoms with van der Waals surface area (Å²) < 4.78 is 23.3. The molecule has 0 saturated carbocycles. The molecule has 0 radical (unpaired) electrons. The highest BCUT2D eigenvalue weighted by Crippen LogP contribution is 2.11. The maximum Gasteiger partial charge on any atom is 0.251 e. The third-order valence-corrected chi connectivity index (χ3v) is 6.14. The van der Waals surface area contributed by atoms with Gasteiger partial charge < -0.3 is 20.9 Å². The zero-order valence-corrected chi connectivity index (χ0v) is 20.4. The molecule has 1 aliphatic heterocycles. The van der Waals surface area contributed by atoms with E-state index in [9.17, 15) is 13.2 Å². The van der Waals surface area contributed by atoms with E-state index in [1.165, 1.54) is 0 Å². The summed E-state index contributed by atoms with van der Waals surface area (Å²) in [4.78, 5) is 18.8. The number of rotatable bonds is 8. The summed E-state index contributed by atoms with van der Waals surface area (Å²) >= 11 is 0. The van der Waals surface area contributed by atoms with Gasteiger partial charge in [0.2, 0.25) is 0 Å². The van der Waals surface area contributed by atoms with Gasteiger partial charge in [0, 0.05) is 31.2 Å². The molecule has 1 unspecified atom stereocenters. The maximum absolute atomic E-state index is 12.3. The third kappa shape index (κ3) is 9.30. The minimum Gasteiger partial charge on any atom is -0.357 e. The first-order chi connectivity index (χ1) is 13.3. The Morgan fingerprint density at radius 2 is 2.03 bits per heavy atom. The zero-order chi connectivity index (χ0) is 20.6. The maximum atomic E-state index is 12.3. The quantitative estimate of drug-likeness (QED) is 0.258. The molecule has 29 heavy (non-hydrogen) atoms. The molecule has 164 valence electrons. The number of carbonyl (C=O) groups excluding carboxylic acids is 1. The van der Waals surface area contributed by atoms with Crippen molar-refractivity contribution >= 4 is 45.7 Å². The van der Waals surface area contributed by atoms with Gasteiger partial charge in [-0.1, -0.05) is 12.1 Å². The van der Waals surface area contributed by atoms with E-state index in [2.05, 4.69) is 20.9 Å². The highest BCUT2D eigenvalue weighted by atomic mass is 127. The average molecular weight is 537 g/mol. The lowest BCUT2D eigenvalue weighted by Gasteiger charge is -2.16. The van der Waals surface area contributed by atoms with E-state index in [1.807, 2.05) is 44.1 Å². The SMILES string of the molecule is CCNC(=NCc1cccc(C(=O)NCCN(C)C)c1)NC1CCS(=O)(=O)C1.I. The van der Waals surface area contributed by atoms with Crippen molar-refractivity contribution in [3.05, 3.63) is 35.4 Å². The molecule has 1 saturated heterocycles. The average Bonchev–Trinajstić information content (AvgIpc) is 2.98. The topological polar surface area (TPSA) is 103 Å². The zero-order valence-electron chi connectivity index (χ0n) is 17.3. The minimum atomic E-state index is -2.94. The van der Waals surface area contributed by atoms with E-state index >= 15 is 0 Å². The first-order valence-electron chi connectivity index (χ1n) is 9.56. The first kappa shape index (κ1) is 25.6. The highest BCUT2D eigenvalue weighted by molar-refractivity contribution is 14.0. The summed E-state index contributed by atoms with van der Waals surface area (Å²) in [6.07, 6.45) is 0.593. The molecule has 10 heteroatoms. The van der Waals surface area contributed by atoms with Crippen LogP contribution in [0.15, 0.2) is 29.3 Å². The first-order valence-corrected chi connectivity index (χ1v) is 11.4. The fraction of sp³-hybridized carbons (Fsp3) is 0.579. The van der Waals surface area contributed by atoms with Gasteiger partial charge in [-0.15, -0.1) is 24.0 Å².